The summed E-state index contributed by atoms with van der Waals surface area (Å²) in [5.74, 6) is 0. The van der Waals surface area contributed by atoms with Crippen molar-refractivity contribution >= 4 is 38.3 Å². The minimum atomic E-state index is -4.42. The Labute approximate surface area is 128 Å². The first kappa shape index (κ1) is 18.6. The first-order valence-corrected chi connectivity index (χ1v) is 9.90. The van der Waals surface area contributed by atoms with Gasteiger partial charge in [0.15, 0.2) is 6.16 Å². The number of anilines is 1. The third-order valence-corrected chi connectivity index (χ3v) is 5.52. The number of hydrogen-bond donors (Lipinski definition) is 6. The molecule has 1 unspecified atom stereocenters. The average molecular weight is 354 g/mol. The highest BCUT2D eigenvalue weighted by Gasteiger charge is 2.34. The molecule has 1 rings (SSSR count). The van der Waals surface area contributed by atoms with Gasteiger partial charge in [0.25, 0.3) is 0 Å². The maximum atomic E-state index is 11.6. The van der Waals surface area contributed by atoms with Crippen LogP contribution in [-0.4, -0.2) is 35.5 Å². The van der Waals surface area contributed by atoms with Crippen molar-refractivity contribution in [2.24, 2.45) is 0 Å². The molecule has 1 atom stereocenters. The van der Waals surface area contributed by atoms with E-state index in [-0.39, 0.29) is 17.7 Å². The molecule has 0 aliphatic carbocycles. The van der Waals surface area contributed by atoms with Gasteiger partial charge in [-0.2, -0.15) is 14.7 Å². The zero-order chi connectivity index (χ0) is 16.3. The summed E-state index contributed by atoms with van der Waals surface area (Å²) in [5, 5.41) is 0. The Morgan fingerprint density at radius 2 is 1.95 bits per heavy atom. The van der Waals surface area contributed by atoms with Crippen molar-refractivity contribution < 1.29 is 29.0 Å². The molecular weight excluding hydrogens is 336 g/mol. The first-order chi connectivity index (χ1) is 9.49. The lowest BCUT2D eigenvalue weighted by atomic mass is 10.1. The van der Waals surface area contributed by atoms with E-state index in [1.165, 1.54) is 6.07 Å². The fourth-order valence-corrected chi connectivity index (χ4v) is 4.19. The second-order valence-corrected chi connectivity index (χ2v) is 8.78. The van der Waals surface area contributed by atoms with Crippen molar-refractivity contribution in [1.29, 1.82) is 0 Å². The minimum Gasteiger partial charge on any atom is -0.399 e. The number of rotatable bonds is 7. The molecule has 7 N–H and O–H groups in total. The average Bonchev–Trinajstić information content (AvgIpc) is 2.24. The molecule has 0 saturated carbocycles. The van der Waals surface area contributed by atoms with Gasteiger partial charge in [0.1, 0.15) is 0 Å². The van der Waals surface area contributed by atoms with Crippen LogP contribution in [-0.2, 0) is 4.57 Å². The minimum absolute atomic E-state index is 0.0204. The van der Waals surface area contributed by atoms with Gasteiger partial charge >= 0.3 is 15.5 Å². The van der Waals surface area contributed by atoms with Gasteiger partial charge in [0.2, 0.25) is 0 Å². The highest BCUT2D eigenvalue weighted by Crippen LogP contribution is 2.54. The van der Waals surface area contributed by atoms with E-state index in [2.05, 4.69) is 0 Å². The second-order valence-electron chi connectivity index (χ2n) is 4.70. The standard InChI is InChI=1S/C11H17NO6P2S/c12-9-3-1-2-8(6-9)11(20(16,17)18)5-4-10(21)7-19(13,14)15/h1-3,6,11,13-15H,4-5,7,12H2,(H-,16,17,18)/p+1. The van der Waals surface area contributed by atoms with Crippen LogP contribution in [0.2, 0.25) is 0 Å². The molecule has 118 valence electrons. The highest BCUT2D eigenvalue weighted by molar-refractivity contribution is 7.81. The molecule has 1 aromatic rings. The summed E-state index contributed by atoms with van der Waals surface area (Å²) >= 11 is 4.89. The van der Waals surface area contributed by atoms with Crippen LogP contribution >= 0.6 is 27.8 Å². The summed E-state index contributed by atoms with van der Waals surface area (Å²) in [5.41, 5.74) is 5.31. The van der Waals surface area contributed by atoms with E-state index in [4.69, 9.17) is 32.6 Å². The fraction of sp³-hybridized carbons (Fsp3) is 0.364. The van der Waals surface area contributed by atoms with Crippen molar-refractivity contribution in [2.75, 3.05) is 11.9 Å². The Balaban J connectivity index is 2.82. The van der Waals surface area contributed by atoms with E-state index in [9.17, 15) is 14.4 Å². The van der Waals surface area contributed by atoms with Crippen molar-refractivity contribution in [1.82, 2.24) is 0 Å². The molecule has 0 aliphatic heterocycles. The first-order valence-electron chi connectivity index (χ1n) is 5.98. The van der Waals surface area contributed by atoms with Gasteiger partial charge in [-0.25, -0.2) is 0 Å². The van der Waals surface area contributed by atoms with Crippen molar-refractivity contribution in [3.8, 4) is 0 Å². The number of nitrogen functional groups attached to an aromatic ring is 1. The van der Waals surface area contributed by atoms with Gasteiger partial charge in [0, 0.05) is 10.6 Å². The van der Waals surface area contributed by atoms with Gasteiger partial charge in [-0.05, 0) is 30.5 Å². The van der Waals surface area contributed by atoms with E-state index in [0.29, 0.717) is 11.3 Å². The van der Waals surface area contributed by atoms with Crippen molar-refractivity contribution in [2.45, 2.75) is 18.5 Å². The van der Waals surface area contributed by atoms with Crippen LogP contribution in [0.15, 0.2) is 24.3 Å². The summed E-state index contributed by atoms with van der Waals surface area (Å²) in [4.78, 5) is 45.9. The van der Waals surface area contributed by atoms with Crippen LogP contribution in [0.5, 0.6) is 0 Å². The second kappa shape index (κ2) is 7.22. The lowest BCUT2D eigenvalue weighted by molar-refractivity contribution is 0.336. The molecule has 10 heteroatoms. The lowest BCUT2D eigenvalue weighted by Crippen LogP contribution is -2.09. The van der Waals surface area contributed by atoms with Crippen LogP contribution in [0.4, 0.5) is 5.69 Å². The maximum Gasteiger partial charge on any atom is 0.408 e. The molecule has 0 fully saturated rings. The molecule has 0 heterocycles. The SMILES string of the molecule is Nc1cccc(C(CCC(=S)C[P+](O)(O)O)P(=O)(O)O)c1. The molecule has 0 aliphatic rings. The smallest absolute Gasteiger partial charge is 0.399 e. The fourth-order valence-electron chi connectivity index (χ4n) is 1.91. The molecule has 0 radical (unpaired) electrons. The van der Waals surface area contributed by atoms with Gasteiger partial charge in [-0.15, -0.1) is 0 Å². The monoisotopic (exact) mass is 354 g/mol. The van der Waals surface area contributed by atoms with Gasteiger partial charge in [-0.1, -0.05) is 24.4 Å². The molecule has 1 aromatic carbocycles. The number of thiocarbonyl (C=S) groups is 1. The maximum absolute atomic E-state index is 11.6. The van der Waals surface area contributed by atoms with Crippen LogP contribution in [0, 0.1) is 0 Å². The molecule has 7 nitrogen and oxygen atoms in total. The van der Waals surface area contributed by atoms with Crippen LogP contribution in [0.3, 0.4) is 0 Å². The predicted molar refractivity (Wildman–Crippen MR) is 85.9 cm³/mol. The summed E-state index contributed by atoms with van der Waals surface area (Å²) in [6.07, 6.45) is -0.358. The Bertz CT molecular complexity index is 556. The number of hydrogen-bond acceptors (Lipinski definition) is 6. The van der Waals surface area contributed by atoms with Gasteiger partial charge in [0.05, 0.1) is 5.66 Å². The zero-order valence-electron chi connectivity index (χ0n) is 11.0. The number of benzene rings is 1. The van der Waals surface area contributed by atoms with Crippen LogP contribution < -0.4 is 5.73 Å². The Morgan fingerprint density at radius 3 is 2.43 bits per heavy atom. The predicted octanol–water partition coefficient (Wildman–Crippen LogP) is 1.38. The molecule has 0 saturated heterocycles. The van der Waals surface area contributed by atoms with Crippen LogP contribution in [0.25, 0.3) is 0 Å². The Hall–Kier alpha value is -0.430. The summed E-state index contributed by atoms with van der Waals surface area (Å²) in [6.45, 7) is 0. The van der Waals surface area contributed by atoms with E-state index in [1.807, 2.05) is 0 Å². The van der Waals surface area contributed by atoms with E-state index >= 15 is 0 Å². The van der Waals surface area contributed by atoms with E-state index in [1.54, 1.807) is 18.2 Å². The quantitative estimate of drug-likeness (QED) is 0.245. The molecule has 21 heavy (non-hydrogen) atoms. The van der Waals surface area contributed by atoms with Crippen molar-refractivity contribution in [3.63, 3.8) is 0 Å². The summed E-state index contributed by atoms with van der Waals surface area (Å²) in [7, 11) is -8.43. The van der Waals surface area contributed by atoms with Crippen LogP contribution in [0.1, 0.15) is 24.1 Å². The molecule has 0 amide bonds. The van der Waals surface area contributed by atoms with E-state index in [0.717, 1.165) is 0 Å². The summed E-state index contributed by atoms with van der Waals surface area (Å²) in [6, 6.07) is 6.24. The lowest BCUT2D eigenvalue weighted by Gasteiger charge is -2.19. The number of nitrogens with two attached hydrogens (primary N) is 1. The molecule has 0 aromatic heterocycles. The Morgan fingerprint density at radius 1 is 1.33 bits per heavy atom. The van der Waals surface area contributed by atoms with Gasteiger partial charge < -0.3 is 15.5 Å². The van der Waals surface area contributed by atoms with Gasteiger partial charge in [-0.3, -0.25) is 4.57 Å². The van der Waals surface area contributed by atoms with Crippen molar-refractivity contribution in [3.05, 3.63) is 29.8 Å². The largest absolute Gasteiger partial charge is 0.408 e. The normalized spacial score (nSPS) is 14.0. The third kappa shape index (κ3) is 6.91. The Kier molecular flexibility index (Phi) is 6.40. The highest BCUT2D eigenvalue weighted by atomic mass is 32.1. The topological polar surface area (TPSA) is 144 Å². The third-order valence-electron chi connectivity index (χ3n) is 2.79. The molecule has 0 spiro atoms. The molecular formula is C11H18NO6P2S+. The zero-order valence-corrected chi connectivity index (χ0v) is 13.6. The molecule has 0 bridgehead atoms. The summed E-state index contributed by atoms with van der Waals surface area (Å²) < 4.78 is 11.6. The van der Waals surface area contributed by atoms with E-state index < -0.39 is 27.4 Å².